The van der Waals surface area contributed by atoms with Gasteiger partial charge in [0.2, 0.25) is 0 Å². The van der Waals surface area contributed by atoms with Crippen LogP contribution < -0.4 is 9.92 Å². The molecule has 2 saturated heterocycles. The molecule has 1 unspecified atom stereocenters. The number of rotatable bonds is 2. The van der Waals surface area contributed by atoms with Gasteiger partial charge in [0.05, 0.1) is 30.6 Å². The Morgan fingerprint density at radius 1 is 1.39 bits per heavy atom. The van der Waals surface area contributed by atoms with Crippen molar-refractivity contribution in [1.29, 1.82) is 0 Å². The first-order valence-corrected chi connectivity index (χ1v) is 6.38. The van der Waals surface area contributed by atoms with E-state index in [9.17, 15) is 0 Å². The van der Waals surface area contributed by atoms with Crippen LogP contribution in [0.5, 0.6) is 5.75 Å². The lowest BCUT2D eigenvalue weighted by Crippen LogP contribution is -2.57. The van der Waals surface area contributed by atoms with Crippen LogP contribution in [0.4, 0.5) is 0 Å². The van der Waals surface area contributed by atoms with Gasteiger partial charge >= 0.3 is 0 Å². The van der Waals surface area contributed by atoms with E-state index in [1.165, 1.54) is 0 Å². The maximum Gasteiger partial charge on any atom is 0.134 e. The molecule has 2 fully saturated rings. The Bertz CT molecular complexity index is 388. The number of ether oxygens (including phenoxy) is 2. The van der Waals surface area contributed by atoms with Gasteiger partial charge in [-0.25, -0.2) is 9.78 Å². The summed E-state index contributed by atoms with van der Waals surface area (Å²) in [5.41, 5.74) is -0.0295. The number of hydrogen-bond acceptors (Lipinski definition) is 4. The molecule has 0 N–H and O–H groups in total. The second-order valence-electron chi connectivity index (χ2n) is 4.62. The summed E-state index contributed by atoms with van der Waals surface area (Å²) in [4.78, 5) is 9.58. The van der Waals surface area contributed by atoms with Crippen LogP contribution in [-0.2, 0) is 14.5 Å². The molecule has 4 nitrogen and oxygen atoms in total. The molecule has 1 aromatic rings. The third-order valence-electron chi connectivity index (χ3n) is 3.17. The molecular weight excluding hydrogens is 248 g/mol. The van der Waals surface area contributed by atoms with Gasteiger partial charge in [-0.05, 0) is 19.1 Å². The highest BCUT2D eigenvalue weighted by molar-refractivity contribution is 6.32. The Kier molecular flexibility index (Phi) is 4.39. The zero-order valence-electron chi connectivity index (χ0n) is 10.6. The molecule has 0 saturated carbocycles. The summed E-state index contributed by atoms with van der Waals surface area (Å²) in [6, 6.07) is 7.71. The van der Waals surface area contributed by atoms with E-state index in [-0.39, 0.29) is 5.60 Å². The van der Waals surface area contributed by atoms with Crippen molar-refractivity contribution >= 4 is 15.4 Å². The van der Waals surface area contributed by atoms with E-state index >= 15 is 0 Å². The van der Waals surface area contributed by atoms with Gasteiger partial charge in [-0.3, -0.25) is 0 Å². The average molecular weight is 265 g/mol. The first-order chi connectivity index (χ1) is 8.64. The highest BCUT2D eigenvalue weighted by Crippen LogP contribution is 2.34. The van der Waals surface area contributed by atoms with Crippen molar-refractivity contribution in [3.8, 4) is 5.75 Å². The van der Waals surface area contributed by atoms with E-state index in [2.05, 4.69) is 22.1 Å². The van der Waals surface area contributed by atoms with Crippen LogP contribution in [0.1, 0.15) is 6.92 Å². The minimum absolute atomic E-state index is 0.0295. The van der Waals surface area contributed by atoms with E-state index in [0.717, 1.165) is 30.8 Å². The molecule has 3 rings (SSSR count). The third kappa shape index (κ3) is 3.11. The fourth-order valence-electron chi connectivity index (χ4n) is 1.64. The molecule has 3 radical (unpaired) electrons. The lowest BCUT2D eigenvalue weighted by Gasteiger charge is -2.45. The van der Waals surface area contributed by atoms with E-state index in [1.807, 2.05) is 24.3 Å². The highest BCUT2D eigenvalue weighted by Gasteiger charge is 2.47. The summed E-state index contributed by atoms with van der Waals surface area (Å²) in [5, 5.41) is 1.04. The summed E-state index contributed by atoms with van der Waals surface area (Å²) in [5.74, 6) is 1.44. The lowest BCUT2D eigenvalue weighted by molar-refractivity contribution is -0.487. The van der Waals surface area contributed by atoms with Crippen molar-refractivity contribution in [1.82, 2.24) is 0 Å². The van der Waals surface area contributed by atoms with E-state index < -0.39 is 0 Å². The summed E-state index contributed by atoms with van der Waals surface area (Å²) < 4.78 is 9.99. The van der Waals surface area contributed by atoms with Crippen LogP contribution in [0.15, 0.2) is 24.3 Å². The molecule has 1 atom stereocenters. The molecule has 0 spiro atoms. The second-order valence-corrected chi connectivity index (χ2v) is 5.20. The van der Waals surface area contributed by atoms with Gasteiger partial charge in [-0.2, -0.15) is 0 Å². The number of hydrogen-bond donors (Lipinski definition) is 0. The molecule has 2 aliphatic heterocycles. The van der Waals surface area contributed by atoms with Gasteiger partial charge in [0.1, 0.15) is 18.0 Å². The van der Waals surface area contributed by atoms with Crippen molar-refractivity contribution in [3.05, 3.63) is 24.3 Å². The molecule has 0 amide bonds. The van der Waals surface area contributed by atoms with Gasteiger partial charge in [-0.1, -0.05) is 17.3 Å². The monoisotopic (exact) mass is 265 g/mol. The zero-order chi connectivity index (χ0) is 13.0. The molecule has 0 bridgehead atoms. The molecule has 0 aliphatic carbocycles. The minimum atomic E-state index is -0.0295. The third-order valence-corrected chi connectivity index (χ3v) is 3.48. The fourth-order valence-corrected chi connectivity index (χ4v) is 1.88. The Morgan fingerprint density at radius 2 is 2.11 bits per heavy atom. The Hall–Kier alpha value is -0.883. The van der Waals surface area contributed by atoms with Crippen molar-refractivity contribution in [3.63, 3.8) is 0 Å². The van der Waals surface area contributed by atoms with E-state index in [4.69, 9.17) is 14.4 Å². The quantitative estimate of drug-likeness (QED) is 0.586. The predicted octanol–water partition coefficient (Wildman–Crippen LogP) is 0.842. The van der Waals surface area contributed by atoms with Crippen molar-refractivity contribution in [2.45, 2.75) is 12.5 Å². The highest BCUT2D eigenvalue weighted by atomic mass is 28.1. The Labute approximate surface area is 111 Å². The van der Waals surface area contributed by atoms with E-state index in [1.54, 1.807) is 7.11 Å². The Morgan fingerprint density at radius 3 is 2.39 bits per heavy atom. The normalized spacial score (nSPS) is 26.4. The standard InChI is InChI=1S/C7H7OSi.C6H10O3/c1-8-6-3-2-4-7(9)5-6;1-6(4-8-9-6)5-2-7-3-5/h2-5H,1H3;5H,2-4H2,1H3. The molecule has 18 heavy (non-hydrogen) atoms. The van der Waals surface area contributed by atoms with E-state index in [0.29, 0.717) is 5.92 Å². The van der Waals surface area contributed by atoms with Crippen LogP contribution in [0, 0.1) is 5.92 Å². The van der Waals surface area contributed by atoms with Crippen molar-refractivity contribution in [2.75, 3.05) is 26.9 Å². The summed E-state index contributed by atoms with van der Waals surface area (Å²) in [7, 11) is 5.02. The first kappa shape index (κ1) is 13.5. The smallest absolute Gasteiger partial charge is 0.134 e. The SMILES string of the molecule is CC1(C2COC2)COO1.COc1cccc([Si])c1. The molecule has 5 heteroatoms. The lowest BCUT2D eigenvalue weighted by atomic mass is 9.87. The van der Waals surface area contributed by atoms with Crippen LogP contribution >= 0.6 is 0 Å². The van der Waals surface area contributed by atoms with Gasteiger partial charge in [0, 0.05) is 5.92 Å². The zero-order valence-corrected chi connectivity index (χ0v) is 11.6. The largest absolute Gasteiger partial charge is 0.497 e. The topological polar surface area (TPSA) is 36.9 Å². The molecule has 2 heterocycles. The molecule has 1 aromatic carbocycles. The van der Waals surface area contributed by atoms with Crippen LogP contribution in [0.2, 0.25) is 0 Å². The molecule has 0 aromatic heterocycles. The number of benzene rings is 1. The maximum absolute atomic E-state index is 5.02. The summed E-state index contributed by atoms with van der Waals surface area (Å²) in [6.07, 6.45) is 0. The predicted molar refractivity (Wildman–Crippen MR) is 68.1 cm³/mol. The second kappa shape index (κ2) is 5.84. The molecular formula is C13H17O4Si. The van der Waals surface area contributed by atoms with Gasteiger partial charge in [0.25, 0.3) is 0 Å². The van der Waals surface area contributed by atoms with Gasteiger partial charge in [0.15, 0.2) is 0 Å². The maximum atomic E-state index is 5.02. The summed E-state index contributed by atoms with van der Waals surface area (Å²) in [6.45, 7) is 4.45. The number of methoxy groups -OCH3 is 1. The molecule has 2 aliphatic rings. The van der Waals surface area contributed by atoms with Crippen LogP contribution in [0.25, 0.3) is 0 Å². The minimum Gasteiger partial charge on any atom is -0.497 e. The first-order valence-electron chi connectivity index (χ1n) is 5.88. The fraction of sp³-hybridized carbons (Fsp3) is 0.538. The average Bonchev–Trinajstić information content (AvgIpc) is 2.25. The van der Waals surface area contributed by atoms with Gasteiger partial charge in [-0.15, -0.1) is 0 Å². The van der Waals surface area contributed by atoms with Crippen molar-refractivity contribution < 1.29 is 19.2 Å². The van der Waals surface area contributed by atoms with Gasteiger partial charge < -0.3 is 9.47 Å². The van der Waals surface area contributed by atoms with Crippen LogP contribution in [-0.4, -0.2) is 42.8 Å². The summed E-state index contributed by atoms with van der Waals surface area (Å²) >= 11 is 0. The van der Waals surface area contributed by atoms with Crippen molar-refractivity contribution in [2.24, 2.45) is 5.92 Å². The molecule has 97 valence electrons. The Balaban J connectivity index is 0.000000134. The van der Waals surface area contributed by atoms with Crippen LogP contribution in [0.3, 0.4) is 0 Å².